The van der Waals surface area contributed by atoms with Gasteiger partial charge < -0.3 is 4.74 Å². The highest BCUT2D eigenvalue weighted by molar-refractivity contribution is 8.00. The number of aryl methyl sites for hydroxylation is 3. The maximum atomic E-state index is 13.6. The first kappa shape index (κ1) is 25.8. The van der Waals surface area contributed by atoms with Crippen molar-refractivity contribution in [3.8, 4) is 5.75 Å². The number of carbonyl (C=O) groups is 1. The van der Waals surface area contributed by atoms with Crippen LogP contribution in [0.2, 0.25) is 0 Å². The van der Waals surface area contributed by atoms with Crippen molar-refractivity contribution in [3.63, 3.8) is 0 Å². The lowest BCUT2D eigenvalue weighted by Gasteiger charge is -2.26. The summed E-state index contributed by atoms with van der Waals surface area (Å²) in [6.45, 7) is 5.17. The molecule has 1 aliphatic rings. The third-order valence-electron chi connectivity index (χ3n) is 5.70. The van der Waals surface area contributed by atoms with Gasteiger partial charge in [0.2, 0.25) is 0 Å². The second kappa shape index (κ2) is 11.2. The molecule has 0 unspecified atom stereocenters. The van der Waals surface area contributed by atoms with Crippen LogP contribution in [0.25, 0.3) is 0 Å². The molecule has 0 bridgehead atoms. The van der Waals surface area contributed by atoms with E-state index in [1.165, 1.54) is 6.21 Å². The van der Waals surface area contributed by atoms with Crippen LogP contribution < -0.4 is 14.5 Å². The SMILES string of the molecule is Cc1ccc(S(=O)(=O)N(CC(=O)NN=Cc2cccc(OC3CSC3)c2)c2cc(C)ccc2C)cc1. The first-order valence-corrected chi connectivity index (χ1v) is 14.1. The standard InChI is InChI=1S/C27H29N3O4S2/c1-19-8-11-25(12-9-19)36(32,33)30(26-13-20(2)7-10-21(26)3)16-27(31)29-28-15-22-5-4-6-23(14-22)34-24-17-35-18-24/h4-15,24H,16-18H2,1-3H3,(H,29,31). The number of sulfonamides is 1. The highest BCUT2D eigenvalue weighted by Gasteiger charge is 2.28. The highest BCUT2D eigenvalue weighted by atomic mass is 32.2. The smallest absolute Gasteiger partial charge is 0.264 e. The number of benzene rings is 3. The number of anilines is 1. The molecule has 1 heterocycles. The molecule has 0 atom stereocenters. The normalized spacial score (nSPS) is 13.9. The summed E-state index contributed by atoms with van der Waals surface area (Å²) in [5.74, 6) is 2.16. The molecule has 36 heavy (non-hydrogen) atoms. The maximum absolute atomic E-state index is 13.6. The Morgan fingerprint density at radius 3 is 2.47 bits per heavy atom. The molecular weight excluding hydrogens is 494 g/mol. The third kappa shape index (κ3) is 6.27. The number of nitrogens with zero attached hydrogens (tertiary/aromatic N) is 2. The number of thioether (sulfide) groups is 1. The van der Waals surface area contributed by atoms with Gasteiger partial charge in [0.05, 0.1) is 16.8 Å². The topological polar surface area (TPSA) is 88.1 Å². The fraction of sp³-hybridized carbons (Fsp3) is 0.259. The molecule has 0 saturated carbocycles. The van der Waals surface area contributed by atoms with E-state index in [9.17, 15) is 13.2 Å². The molecule has 9 heteroatoms. The molecule has 0 radical (unpaired) electrons. The van der Waals surface area contributed by atoms with Gasteiger partial charge in [-0.05, 0) is 67.8 Å². The van der Waals surface area contributed by atoms with Crippen molar-refractivity contribution in [2.45, 2.75) is 31.8 Å². The molecule has 0 aliphatic carbocycles. The number of hydrogen-bond donors (Lipinski definition) is 1. The van der Waals surface area contributed by atoms with Crippen LogP contribution in [-0.2, 0) is 14.8 Å². The van der Waals surface area contributed by atoms with E-state index in [2.05, 4.69) is 10.5 Å². The maximum Gasteiger partial charge on any atom is 0.264 e. The van der Waals surface area contributed by atoms with Crippen molar-refractivity contribution in [2.75, 3.05) is 22.4 Å². The van der Waals surface area contributed by atoms with E-state index < -0.39 is 22.5 Å². The van der Waals surface area contributed by atoms with Crippen LogP contribution in [0.15, 0.2) is 76.7 Å². The van der Waals surface area contributed by atoms with E-state index in [4.69, 9.17) is 4.74 Å². The van der Waals surface area contributed by atoms with Gasteiger partial charge in [-0.1, -0.05) is 42.0 Å². The molecule has 1 fully saturated rings. The summed E-state index contributed by atoms with van der Waals surface area (Å²) in [6.07, 6.45) is 1.74. The minimum absolute atomic E-state index is 0.118. The summed E-state index contributed by atoms with van der Waals surface area (Å²) in [6, 6.07) is 19.5. The average Bonchev–Trinajstić information content (AvgIpc) is 2.82. The van der Waals surface area contributed by atoms with Crippen molar-refractivity contribution < 1.29 is 17.9 Å². The Bertz CT molecular complexity index is 1370. The number of hydrazone groups is 1. The zero-order chi connectivity index (χ0) is 25.7. The van der Waals surface area contributed by atoms with Gasteiger partial charge in [-0.25, -0.2) is 13.8 Å². The predicted molar refractivity (Wildman–Crippen MR) is 146 cm³/mol. The van der Waals surface area contributed by atoms with Gasteiger partial charge in [-0.15, -0.1) is 0 Å². The van der Waals surface area contributed by atoms with E-state index in [0.717, 1.165) is 43.8 Å². The average molecular weight is 524 g/mol. The molecule has 1 amide bonds. The monoisotopic (exact) mass is 523 g/mol. The lowest BCUT2D eigenvalue weighted by Crippen LogP contribution is -2.40. The lowest BCUT2D eigenvalue weighted by molar-refractivity contribution is -0.119. The largest absolute Gasteiger partial charge is 0.489 e. The van der Waals surface area contributed by atoms with Gasteiger partial charge in [0.25, 0.3) is 15.9 Å². The van der Waals surface area contributed by atoms with Crippen LogP contribution in [0, 0.1) is 20.8 Å². The van der Waals surface area contributed by atoms with Gasteiger partial charge in [-0.3, -0.25) is 9.10 Å². The van der Waals surface area contributed by atoms with E-state index in [1.54, 1.807) is 30.3 Å². The Hall–Kier alpha value is -3.30. The van der Waals surface area contributed by atoms with Crippen LogP contribution in [0.1, 0.15) is 22.3 Å². The lowest BCUT2D eigenvalue weighted by atomic mass is 10.1. The molecule has 0 spiro atoms. The van der Waals surface area contributed by atoms with Gasteiger partial charge >= 0.3 is 0 Å². The van der Waals surface area contributed by atoms with Crippen LogP contribution >= 0.6 is 11.8 Å². The zero-order valence-electron chi connectivity index (χ0n) is 20.5. The molecule has 1 saturated heterocycles. The Morgan fingerprint density at radius 2 is 1.78 bits per heavy atom. The minimum atomic E-state index is -3.99. The summed E-state index contributed by atoms with van der Waals surface area (Å²) in [7, 11) is -3.99. The molecule has 1 aliphatic heterocycles. The first-order chi connectivity index (χ1) is 17.2. The molecule has 1 N–H and O–H groups in total. The number of amides is 1. The Morgan fingerprint density at radius 1 is 1.06 bits per heavy atom. The summed E-state index contributed by atoms with van der Waals surface area (Å²) in [5, 5.41) is 4.04. The van der Waals surface area contributed by atoms with Gasteiger partial charge in [0, 0.05) is 11.5 Å². The van der Waals surface area contributed by atoms with Crippen molar-refractivity contribution >= 4 is 39.6 Å². The van der Waals surface area contributed by atoms with Crippen LogP contribution in [0.5, 0.6) is 5.75 Å². The second-order valence-corrected chi connectivity index (χ2v) is 11.7. The Kier molecular flexibility index (Phi) is 8.01. The van der Waals surface area contributed by atoms with E-state index >= 15 is 0 Å². The fourth-order valence-corrected chi connectivity index (χ4v) is 5.65. The Balaban J connectivity index is 1.52. The minimum Gasteiger partial charge on any atom is -0.489 e. The quantitative estimate of drug-likeness (QED) is 0.331. The molecule has 0 aromatic heterocycles. The van der Waals surface area contributed by atoms with Crippen molar-refractivity contribution in [1.82, 2.24) is 5.43 Å². The van der Waals surface area contributed by atoms with Crippen LogP contribution in [-0.4, -0.2) is 44.7 Å². The fourth-order valence-electron chi connectivity index (χ4n) is 3.61. The van der Waals surface area contributed by atoms with E-state index in [0.29, 0.717) is 5.69 Å². The van der Waals surface area contributed by atoms with Gasteiger partial charge in [0.15, 0.2) is 0 Å². The number of hydrogen-bond acceptors (Lipinski definition) is 6. The summed E-state index contributed by atoms with van der Waals surface area (Å²) in [5.41, 5.74) is 6.25. The van der Waals surface area contributed by atoms with Crippen molar-refractivity contribution in [1.29, 1.82) is 0 Å². The molecule has 3 aromatic rings. The molecular formula is C27H29N3O4S2. The van der Waals surface area contributed by atoms with E-state index in [-0.39, 0.29) is 11.0 Å². The second-order valence-electron chi connectivity index (χ2n) is 8.76. The summed E-state index contributed by atoms with van der Waals surface area (Å²) in [4.78, 5) is 13.0. The zero-order valence-corrected chi connectivity index (χ0v) is 22.1. The summed E-state index contributed by atoms with van der Waals surface area (Å²) >= 11 is 1.85. The third-order valence-corrected chi connectivity index (χ3v) is 8.69. The van der Waals surface area contributed by atoms with E-state index in [1.807, 2.05) is 68.9 Å². The number of rotatable bonds is 9. The number of ether oxygens (including phenoxy) is 1. The first-order valence-electron chi connectivity index (χ1n) is 11.6. The molecule has 3 aromatic carbocycles. The van der Waals surface area contributed by atoms with Gasteiger partial charge in [0.1, 0.15) is 18.4 Å². The van der Waals surface area contributed by atoms with Gasteiger partial charge in [-0.2, -0.15) is 16.9 Å². The highest BCUT2D eigenvalue weighted by Crippen LogP contribution is 2.28. The number of nitrogens with one attached hydrogen (secondary N) is 1. The molecule has 7 nitrogen and oxygen atoms in total. The van der Waals surface area contributed by atoms with Crippen molar-refractivity contribution in [2.24, 2.45) is 5.10 Å². The predicted octanol–water partition coefficient (Wildman–Crippen LogP) is 4.45. The summed E-state index contributed by atoms with van der Waals surface area (Å²) < 4.78 is 34.2. The molecule has 4 rings (SSSR count). The molecule has 188 valence electrons. The Labute approximate surface area is 216 Å². The van der Waals surface area contributed by atoms with Crippen LogP contribution in [0.4, 0.5) is 5.69 Å². The number of carbonyl (C=O) groups excluding carboxylic acids is 1. The van der Waals surface area contributed by atoms with Crippen molar-refractivity contribution in [3.05, 3.63) is 89.0 Å². The van der Waals surface area contributed by atoms with Crippen LogP contribution in [0.3, 0.4) is 0 Å².